The third kappa shape index (κ3) is 3.89. The van der Waals surface area contributed by atoms with Crippen LogP contribution in [-0.4, -0.2) is 26.2 Å². The predicted octanol–water partition coefficient (Wildman–Crippen LogP) is 2.09. The Morgan fingerprint density at radius 3 is 2.44 bits per heavy atom. The molecule has 18 heavy (non-hydrogen) atoms. The normalized spacial score (nSPS) is 10.7. The number of carbonyl (C=O) groups is 2. The lowest BCUT2D eigenvalue weighted by molar-refractivity contribution is -0.138. The predicted molar refractivity (Wildman–Crippen MR) is 69.9 cm³/mol. The molecule has 0 aliphatic carbocycles. The molecule has 0 atom stereocenters. The van der Waals surface area contributed by atoms with E-state index in [1.54, 1.807) is 18.2 Å². The van der Waals surface area contributed by atoms with Crippen LogP contribution in [0.1, 0.15) is 0 Å². The van der Waals surface area contributed by atoms with Crippen molar-refractivity contribution in [2.24, 2.45) is 0 Å². The van der Waals surface area contributed by atoms with Crippen LogP contribution >= 0.6 is 15.9 Å². The molecule has 0 aliphatic rings. The van der Waals surface area contributed by atoms with Gasteiger partial charge in [0.25, 0.3) is 0 Å². The van der Waals surface area contributed by atoms with Crippen LogP contribution in [0, 0.1) is 0 Å². The van der Waals surface area contributed by atoms with Gasteiger partial charge in [-0.1, -0.05) is 12.1 Å². The van der Waals surface area contributed by atoms with Crippen LogP contribution in [0.25, 0.3) is 0 Å². The van der Waals surface area contributed by atoms with Gasteiger partial charge in [-0.25, -0.2) is 9.59 Å². The molecule has 0 aliphatic heterocycles. The van der Waals surface area contributed by atoms with E-state index in [0.29, 0.717) is 5.69 Å². The second-order valence-corrected chi connectivity index (χ2v) is 4.03. The van der Waals surface area contributed by atoms with E-state index in [1.165, 1.54) is 14.2 Å². The summed E-state index contributed by atoms with van der Waals surface area (Å²) in [4.78, 5) is 22.7. The Kier molecular flexibility index (Phi) is 5.38. The number of carbonyl (C=O) groups excluding carboxylic acids is 2. The number of rotatable bonds is 4. The largest absolute Gasteiger partial charge is 0.466 e. The van der Waals surface area contributed by atoms with Gasteiger partial charge in [0.1, 0.15) is 5.70 Å². The summed E-state index contributed by atoms with van der Waals surface area (Å²) in [7, 11) is 2.46. The number of hydrogen-bond acceptors (Lipinski definition) is 5. The van der Waals surface area contributed by atoms with Crippen molar-refractivity contribution in [2.45, 2.75) is 0 Å². The third-order valence-electron chi connectivity index (χ3n) is 2.01. The maximum atomic E-state index is 11.5. The molecule has 96 valence electrons. The summed E-state index contributed by atoms with van der Waals surface area (Å²) in [5.74, 6) is -1.30. The second-order valence-electron chi connectivity index (χ2n) is 3.18. The minimum atomic E-state index is -0.656. The number of halogens is 1. The number of benzene rings is 1. The van der Waals surface area contributed by atoms with Gasteiger partial charge in [0.2, 0.25) is 0 Å². The average Bonchev–Trinajstić information content (AvgIpc) is 2.39. The van der Waals surface area contributed by atoms with Gasteiger partial charge in [-0.3, -0.25) is 0 Å². The summed E-state index contributed by atoms with van der Waals surface area (Å²) < 4.78 is 9.80. The van der Waals surface area contributed by atoms with Gasteiger partial charge in [-0.2, -0.15) is 0 Å². The first-order valence-electron chi connectivity index (χ1n) is 4.98. The Balaban J connectivity index is 3.00. The fourth-order valence-corrected chi connectivity index (χ4v) is 1.52. The number of para-hydroxylation sites is 1. The quantitative estimate of drug-likeness (QED) is 0.681. The molecular weight excluding hydrogens is 302 g/mol. The first-order chi connectivity index (χ1) is 8.58. The molecule has 5 nitrogen and oxygen atoms in total. The molecule has 0 radical (unpaired) electrons. The van der Waals surface area contributed by atoms with E-state index in [4.69, 9.17) is 0 Å². The van der Waals surface area contributed by atoms with Crippen LogP contribution in [0.2, 0.25) is 0 Å². The Morgan fingerprint density at radius 1 is 1.22 bits per heavy atom. The number of nitrogens with one attached hydrogen (secondary N) is 1. The summed E-state index contributed by atoms with van der Waals surface area (Å²) in [6.07, 6.45) is 1.03. The molecule has 1 aromatic rings. The van der Waals surface area contributed by atoms with Gasteiger partial charge in [0.05, 0.1) is 26.0 Å². The van der Waals surface area contributed by atoms with Crippen LogP contribution in [0.15, 0.2) is 40.5 Å². The van der Waals surface area contributed by atoms with E-state index in [-0.39, 0.29) is 5.70 Å². The van der Waals surface area contributed by atoms with Crippen molar-refractivity contribution in [3.05, 3.63) is 40.5 Å². The van der Waals surface area contributed by atoms with E-state index in [0.717, 1.165) is 10.5 Å². The van der Waals surface area contributed by atoms with Crippen molar-refractivity contribution in [2.75, 3.05) is 19.5 Å². The lowest BCUT2D eigenvalue weighted by atomic mass is 10.3. The van der Waals surface area contributed by atoms with Gasteiger partial charge in [0, 0.05) is 4.47 Å². The molecule has 0 fully saturated rings. The molecular formula is C12H12BrNO4. The molecule has 0 amide bonds. The Labute approximate surface area is 113 Å². The van der Waals surface area contributed by atoms with Gasteiger partial charge in [0.15, 0.2) is 0 Å². The Bertz CT molecular complexity index is 485. The van der Waals surface area contributed by atoms with E-state index in [2.05, 4.69) is 30.7 Å². The summed E-state index contributed by atoms with van der Waals surface area (Å²) in [6, 6.07) is 7.17. The maximum absolute atomic E-state index is 11.5. The van der Waals surface area contributed by atoms with Gasteiger partial charge in [-0.15, -0.1) is 0 Å². The van der Waals surface area contributed by atoms with Gasteiger partial charge >= 0.3 is 11.9 Å². The Morgan fingerprint density at radius 2 is 1.89 bits per heavy atom. The minimum Gasteiger partial charge on any atom is -0.466 e. The molecule has 6 heteroatoms. The summed E-state index contributed by atoms with van der Waals surface area (Å²) in [6.45, 7) is 0. The molecule has 1 N–H and O–H groups in total. The molecule has 0 aromatic heterocycles. The SMILES string of the molecule is COC(=O)C=C(Nc1ccccc1Br)C(=O)OC. The molecule has 0 unspecified atom stereocenters. The van der Waals surface area contributed by atoms with Crippen LogP contribution in [0.5, 0.6) is 0 Å². The highest BCUT2D eigenvalue weighted by atomic mass is 79.9. The number of esters is 2. The van der Waals surface area contributed by atoms with Crippen molar-refractivity contribution in [1.29, 1.82) is 0 Å². The lowest BCUT2D eigenvalue weighted by Crippen LogP contribution is -2.15. The first kappa shape index (κ1) is 14.2. The minimum absolute atomic E-state index is 0.00347. The molecule has 1 aromatic carbocycles. The number of hydrogen-bond donors (Lipinski definition) is 1. The van der Waals surface area contributed by atoms with Crippen LogP contribution in [-0.2, 0) is 19.1 Å². The van der Waals surface area contributed by atoms with Crippen molar-refractivity contribution in [3.63, 3.8) is 0 Å². The number of ether oxygens (including phenoxy) is 2. The van der Waals surface area contributed by atoms with Crippen molar-refractivity contribution < 1.29 is 19.1 Å². The highest BCUT2D eigenvalue weighted by Gasteiger charge is 2.13. The third-order valence-corrected chi connectivity index (χ3v) is 2.70. The fourth-order valence-electron chi connectivity index (χ4n) is 1.14. The highest BCUT2D eigenvalue weighted by molar-refractivity contribution is 9.10. The van der Waals surface area contributed by atoms with Crippen LogP contribution < -0.4 is 5.32 Å². The standard InChI is InChI=1S/C12H12BrNO4/c1-17-11(15)7-10(12(16)18-2)14-9-6-4-3-5-8(9)13/h3-7,14H,1-2H3. The van der Waals surface area contributed by atoms with Crippen molar-refractivity contribution >= 4 is 33.6 Å². The summed E-state index contributed by atoms with van der Waals surface area (Å²) in [5.41, 5.74) is 0.634. The molecule has 1 rings (SSSR count). The maximum Gasteiger partial charge on any atom is 0.354 e. The topological polar surface area (TPSA) is 64.6 Å². The molecule has 0 saturated carbocycles. The zero-order chi connectivity index (χ0) is 13.5. The second kappa shape index (κ2) is 6.80. The van der Waals surface area contributed by atoms with Crippen molar-refractivity contribution in [3.8, 4) is 0 Å². The van der Waals surface area contributed by atoms with Gasteiger partial charge < -0.3 is 14.8 Å². The summed E-state index contributed by atoms with van der Waals surface area (Å²) >= 11 is 3.32. The van der Waals surface area contributed by atoms with Crippen LogP contribution in [0.3, 0.4) is 0 Å². The first-order valence-corrected chi connectivity index (χ1v) is 5.77. The fraction of sp³-hybridized carbons (Fsp3) is 0.167. The average molecular weight is 314 g/mol. The zero-order valence-corrected chi connectivity index (χ0v) is 11.5. The smallest absolute Gasteiger partial charge is 0.354 e. The van der Waals surface area contributed by atoms with Crippen molar-refractivity contribution in [1.82, 2.24) is 0 Å². The summed E-state index contributed by atoms with van der Waals surface area (Å²) in [5, 5.41) is 2.80. The molecule has 0 bridgehead atoms. The zero-order valence-electron chi connectivity index (χ0n) is 9.90. The molecule has 0 saturated heterocycles. The number of methoxy groups -OCH3 is 2. The van der Waals surface area contributed by atoms with Gasteiger partial charge in [-0.05, 0) is 28.1 Å². The van der Waals surface area contributed by atoms with Crippen LogP contribution in [0.4, 0.5) is 5.69 Å². The van der Waals surface area contributed by atoms with E-state index in [9.17, 15) is 9.59 Å². The lowest BCUT2D eigenvalue weighted by Gasteiger charge is -2.10. The van der Waals surface area contributed by atoms with E-state index in [1.807, 2.05) is 6.07 Å². The highest BCUT2D eigenvalue weighted by Crippen LogP contribution is 2.22. The molecule has 0 heterocycles. The Hall–Kier alpha value is -1.82. The number of anilines is 1. The monoisotopic (exact) mass is 313 g/mol. The molecule has 0 spiro atoms. The van der Waals surface area contributed by atoms with E-state index >= 15 is 0 Å². The van der Waals surface area contributed by atoms with E-state index < -0.39 is 11.9 Å².